The summed E-state index contributed by atoms with van der Waals surface area (Å²) in [4.78, 5) is 2.41. The van der Waals surface area contributed by atoms with Gasteiger partial charge in [0.25, 0.3) is 10.0 Å². The number of hydrogen-bond acceptors (Lipinski definition) is 4. The second-order valence-corrected chi connectivity index (χ2v) is 8.27. The van der Waals surface area contributed by atoms with E-state index in [2.05, 4.69) is 14.6 Å². The number of benzene rings is 2. The van der Waals surface area contributed by atoms with Crippen molar-refractivity contribution in [3.8, 4) is 5.75 Å². The predicted molar refractivity (Wildman–Crippen MR) is 108 cm³/mol. The number of nitrogens with zero attached hydrogens (tertiary/aromatic N) is 2. The topological polar surface area (TPSA) is 71.0 Å². The van der Waals surface area contributed by atoms with Gasteiger partial charge in [-0.2, -0.15) is 8.42 Å². The zero-order chi connectivity index (χ0) is 19.3. The molecular weight excluding hydrogens is 362 g/mol. The van der Waals surface area contributed by atoms with Gasteiger partial charge >= 0.3 is 0 Å². The molecule has 0 amide bonds. The number of rotatable bonds is 6. The first-order valence-electron chi connectivity index (χ1n) is 9.00. The molecule has 1 N–H and O–H groups in total. The molecule has 0 saturated carbocycles. The van der Waals surface area contributed by atoms with Crippen molar-refractivity contribution in [3.05, 3.63) is 54.1 Å². The van der Waals surface area contributed by atoms with E-state index >= 15 is 0 Å². The van der Waals surface area contributed by atoms with Crippen LogP contribution in [-0.2, 0) is 10.0 Å². The standard InChI is InChI=1S/C20H25N3O3S/c1-16-5-11-19(12-6-16)27(24,25)22-20(15-23-13-3-4-14-23)21-17-7-9-18(26-2)10-8-17/h5-12H,3-4,13-15H2,1-2H3,(H,21,22). The Morgan fingerprint density at radius 2 is 1.70 bits per heavy atom. The van der Waals surface area contributed by atoms with Crippen molar-refractivity contribution in [2.75, 3.05) is 32.1 Å². The monoisotopic (exact) mass is 387 g/mol. The maximum Gasteiger partial charge on any atom is 0.283 e. The van der Waals surface area contributed by atoms with E-state index in [0.717, 1.165) is 42.9 Å². The van der Waals surface area contributed by atoms with Gasteiger partial charge in [0.05, 0.1) is 18.6 Å². The van der Waals surface area contributed by atoms with Crippen LogP contribution in [0.15, 0.2) is 57.8 Å². The summed E-state index contributed by atoms with van der Waals surface area (Å²) in [6.07, 6.45) is 2.25. The zero-order valence-electron chi connectivity index (χ0n) is 15.7. The molecule has 0 aliphatic carbocycles. The second-order valence-electron chi connectivity index (χ2n) is 6.66. The van der Waals surface area contributed by atoms with Crippen molar-refractivity contribution in [2.45, 2.75) is 24.7 Å². The predicted octanol–water partition coefficient (Wildman–Crippen LogP) is 3.30. The number of hydrogen-bond donors (Lipinski definition) is 1. The molecule has 0 unspecified atom stereocenters. The Morgan fingerprint density at radius 1 is 1.07 bits per heavy atom. The van der Waals surface area contributed by atoms with Gasteiger partial charge in [-0.05, 0) is 69.3 Å². The maximum absolute atomic E-state index is 12.8. The highest BCUT2D eigenvalue weighted by molar-refractivity contribution is 7.90. The molecule has 1 aliphatic rings. The number of sulfonamides is 1. The first-order valence-corrected chi connectivity index (χ1v) is 10.4. The number of nitrogens with one attached hydrogen (secondary N) is 1. The van der Waals surface area contributed by atoms with Crippen molar-refractivity contribution in [1.29, 1.82) is 0 Å². The highest BCUT2D eigenvalue weighted by Crippen LogP contribution is 2.18. The van der Waals surface area contributed by atoms with Crippen LogP contribution in [0.3, 0.4) is 0 Å². The van der Waals surface area contributed by atoms with Gasteiger partial charge < -0.3 is 10.1 Å². The van der Waals surface area contributed by atoms with E-state index in [0.29, 0.717) is 12.4 Å². The van der Waals surface area contributed by atoms with Crippen LogP contribution in [0.5, 0.6) is 5.75 Å². The number of methoxy groups -OCH3 is 1. The average Bonchev–Trinajstić information content (AvgIpc) is 3.15. The summed E-state index contributed by atoms with van der Waals surface area (Å²) in [5.41, 5.74) is 1.78. The van der Waals surface area contributed by atoms with E-state index < -0.39 is 10.0 Å². The lowest BCUT2D eigenvalue weighted by molar-refractivity contribution is 0.388. The minimum absolute atomic E-state index is 0.198. The number of aryl methyl sites for hydroxylation is 1. The Balaban J connectivity index is 1.87. The lowest BCUT2D eigenvalue weighted by Crippen LogP contribution is -2.32. The summed E-state index contributed by atoms with van der Waals surface area (Å²) >= 11 is 0. The molecule has 0 bridgehead atoms. The Morgan fingerprint density at radius 3 is 2.30 bits per heavy atom. The van der Waals surface area contributed by atoms with Crippen molar-refractivity contribution >= 4 is 21.5 Å². The third-order valence-corrected chi connectivity index (χ3v) is 5.83. The van der Waals surface area contributed by atoms with Gasteiger partial charge in [-0.15, -0.1) is 4.40 Å². The molecule has 3 rings (SSSR count). The quantitative estimate of drug-likeness (QED) is 0.608. The maximum atomic E-state index is 12.8. The molecule has 27 heavy (non-hydrogen) atoms. The van der Waals surface area contributed by atoms with Crippen LogP contribution >= 0.6 is 0 Å². The highest BCUT2D eigenvalue weighted by Gasteiger charge is 2.18. The molecule has 0 aromatic heterocycles. The van der Waals surface area contributed by atoms with E-state index in [1.165, 1.54) is 0 Å². The average molecular weight is 388 g/mol. The first-order chi connectivity index (χ1) is 13.0. The molecule has 7 heteroatoms. The third kappa shape index (κ3) is 5.30. The van der Waals surface area contributed by atoms with Crippen LogP contribution in [-0.4, -0.2) is 45.9 Å². The molecule has 2 aromatic rings. The summed E-state index contributed by atoms with van der Waals surface area (Å²) in [6, 6.07) is 14.1. The summed E-state index contributed by atoms with van der Waals surface area (Å²) in [5, 5.41) is 3.17. The van der Waals surface area contributed by atoms with Crippen molar-refractivity contribution in [3.63, 3.8) is 0 Å². The molecule has 6 nitrogen and oxygen atoms in total. The van der Waals surface area contributed by atoms with Crippen LogP contribution in [0, 0.1) is 6.92 Å². The summed E-state index contributed by atoms with van der Waals surface area (Å²) < 4.78 is 34.8. The smallest absolute Gasteiger partial charge is 0.283 e. The second kappa shape index (κ2) is 8.54. The van der Waals surface area contributed by atoms with E-state index in [1.807, 2.05) is 31.2 Å². The fraction of sp³-hybridized carbons (Fsp3) is 0.350. The van der Waals surface area contributed by atoms with E-state index in [4.69, 9.17) is 4.74 Å². The minimum atomic E-state index is -3.78. The van der Waals surface area contributed by atoms with E-state index in [-0.39, 0.29) is 4.90 Å². The molecule has 1 saturated heterocycles. The fourth-order valence-electron chi connectivity index (χ4n) is 2.99. The van der Waals surface area contributed by atoms with Crippen molar-refractivity contribution in [1.82, 2.24) is 4.90 Å². The van der Waals surface area contributed by atoms with Crippen molar-refractivity contribution in [2.24, 2.45) is 4.40 Å². The van der Waals surface area contributed by atoms with Gasteiger partial charge in [0.2, 0.25) is 0 Å². The molecule has 2 aromatic carbocycles. The number of anilines is 1. The van der Waals surface area contributed by atoms with Gasteiger partial charge in [0.1, 0.15) is 11.6 Å². The highest BCUT2D eigenvalue weighted by atomic mass is 32.2. The van der Waals surface area contributed by atoms with E-state index in [9.17, 15) is 8.42 Å². The minimum Gasteiger partial charge on any atom is -0.497 e. The largest absolute Gasteiger partial charge is 0.497 e. The molecule has 0 spiro atoms. The molecule has 0 radical (unpaired) electrons. The molecule has 0 atom stereocenters. The Hall–Kier alpha value is -2.38. The Labute approximate surface area is 160 Å². The van der Waals surface area contributed by atoms with Gasteiger partial charge in [0, 0.05) is 5.69 Å². The van der Waals surface area contributed by atoms with Gasteiger partial charge in [-0.25, -0.2) is 0 Å². The van der Waals surface area contributed by atoms with Crippen LogP contribution in [0.25, 0.3) is 0 Å². The summed E-state index contributed by atoms with van der Waals surface area (Å²) in [7, 11) is -2.17. The number of likely N-dealkylation sites (tertiary alicyclic amines) is 1. The molecule has 1 fully saturated rings. The van der Waals surface area contributed by atoms with Crippen LogP contribution in [0.1, 0.15) is 18.4 Å². The lowest BCUT2D eigenvalue weighted by atomic mass is 10.2. The Kier molecular flexibility index (Phi) is 6.13. The third-order valence-electron chi connectivity index (χ3n) is 4.50. The van der Waals surface area contributed by atoms with Crippen LogP contribution in [0.2, 0.25) is 0 Å². The van der Waals surface area contributed by atoms with Gasteiger partial charge in [-0.3, -0.25) is 4.90 Å². The normalized spacial score (nSPS) is 15.7. The Bertz CT molecular complexity index is 885. The molecular formula is C20H25N3O3S. The van der Waals surface area contributed by atoms with Crippen molar-refractivity contribution < 1.29 is 13.2 Å². The SMILES string of the molecule is COc1ccc(NC(CN2CCCC2)=NS(=O)(=O)c2ccc(C)cc2)cc1. The van der Waals surface area contributed by atoms with E-state index in [1.54, 1.807) is 31.4 Å². The molecule has 1 heterocycles. The van der Waals surface area contributed by atoms with Crippen LogP contribution in [0.4, 0.5) is 5.69 Å². The summed E-state index contributed by atoms with van der Waals surface area (Å²) in [6.45, 7) is 4.29. The number of amidine groups is 1. The number of ether oxygens (including phenoxy) is 1. The van der Waals surface area contributed by atoms with Gasteiger partial charge in [-0.1, -0.05) is 17.7 Å². The first kappa shape index (κ1) is 19.4. The van der Waals surface area contributed by atoms with Crippen LogP contribution < -0.4 is 10.1 Å². The molecule has 144 valence electrons. The summed E-state index contributed by atoms with van der Waals surface area (Å²) in [5.74, 6) is 1.16. The lowest BCUT2D eigenvalue weighted by Gasteiger charge is -2.18. The fourth-order valence-corrected chi connectivity index (χ4v) is 3.97. The molecule has 1 aliphatic heterocycles. The zero-order valence-corrected chi connectivity index (χ0v) is 16.5. The van der Waals surface area contributed by atoms with Gasteiger partial charge in [0.15, 0.2) is 0 Å².